The van der Waals surface area contributed by atoms with Gasteiger partial charge in [-0.3, -0.25) is 9.59 Å². The summed E-state index contributed by atoms with van der Waals surface area (Å²) in [5, 5.41) is 6.13. The number of hydrogen-bond donors (Lipinski definition) is 1. The molecule has 0 saturated carbocycles. The summed E-state index contributed by atoms with van der Waals surface area (Å²) in [5.74, 6) is -0.287. The summed E-state index contributed by atoms with van der Waals surface area (Å²) in [7, 11) is 0. The number of hydrogen-bond acceptors (Lipinski definition) is 5. The molecule has 3 heterocycles. The molecular formula is C21H20ClN3O2S2. The summed E-state index contributed by atoms with van der Waals surface area (Å²) in [4.78, 5) is 33.2. The minimum Gasteiger partial charge on any atom is -0.337 e. The molecule has 1 aliphatic heterocycles. The predicted molar refractivity (Wildman–Crippen MR) is 118 cm³/mol. The van der Waals surface area contributed by atoms with E-state index in [9.17, 15) is 9.59 Å². The highest BCUT2D eigenvalue weighted by Crippen LogP contribution is 2.26. The Labute approximate surface area is 182 Å². The molecule has 5 nitrogen and oxygen atoms in total. The Morgan fingerprint density at radius 2 is 2.10 bits per heavy atom. The van der Waals surface area contributed by atoms with Gasteiger partial charge < -0.3 is 10.2 Å². The average Bonchev–Trinajstić information content (AvgIpc) is 3.42. The first kappa shape index (κ1) is 20.1. The van der Waals surface area contributed by atoms with Crippen molar-refractivity contribution in [1.82, 2.24) is 9.88 Å². The van der Waals surface area contributed by atoms with Crippen LogP contribution in [0.1, 0.15) is 33.0 Å². The van der Waals surface area contributed by atoms with Gasteiger partial charge in [-0.1, -0.05) is 35.9 Å². The molecule has 1 fully saturated rings. The maximum Gasteiger partial charge on any atom is 0.263 e. The van der Waals surface area contributed by atoms with E-state index < -0.39 is 0 Å². The highest BCUT2D eigenvalue weighted by atomic mass is 35.5. The number of nitrogens with zero attached hydrogens (tertiary/aromatic N) is 2. The molecule has 0 spiro atoms. The molecule has 2 amide bonds. The molecule has 0 radical (unpaired) electrons. The van der Waals surface area contributed by atoms with Gasteiger partial charge in [0, 0.05) is 35.6 Å². The predicted octanol–water partition coefficient (Wildman–Crippen LogP) is 4.94. The van der Waals surface area contributed by atoms with Crippen molar-refractivity contribution in [2.24, 2.45) is 5.92 Å². The van der Waals surface area contributed by atoms with E-state index in [1.54, 1.807) is 11.1 Å². The van der Waals surface area contributed by atoms with Gasteiger partial charge in [-0.15, -0.1) is 22.7 Å². The molecule has 1 saturated heterocycles. The number of rotatable bonds is 5. The normalized spacial score (nSPS) is 16.6. The molecule has 3 aromatic rings. The molecule has 1 aromatic carbocycles. The van der Waals surface area contributed by atoms with Crippen molar-refractivity contribution in [2.45, 2.75) is 19.3 Å². The minimum absolute atomic E-state index is 0.00812. The second kappa shape index (κ2) is 9.07. The maximum atomic E-state index is 12.7. The Bertz CT molecular complexity index is 1000. The van der Waals surface area contributed by atoms with Gasteiger partial charge in [0.15, 0.2) is 5.13 Å². The number of thiazole rings is 1. The van der Waals surface area contributed by atoms with Crippen molar-refractivity contribution in [3.8, 4) is 0 Å². The van der Waals surface area contributed by atoms with E-state index in [1.807, 2.05) is 41.8 Å². The van der Waals surface area contributed by atoms with Crippen molar-refractivity contribution >= 4 is 51.2 Å². The third kappa shape index (κ3) is 4.86. The van der Waals surface area contributed by atoms with Crippen LogP contribution < -0.4 is 5.32 Å². The van der Waals surface area contributed by atoms with Crippen LogP contribution in [0.4, 0.5) is 5.13 Å². The number of carbonyl (C=O) groups excluding carboxylic acids is 2. The van der Waals surface area contributed by atoms with Crippen LogP contribution in [0.2, 0.25) is 5.02 Å². The first-order valence-electron chi connectivity index (χ1n) is 9.42. The lowest BCUT2D eigenvalue weighted by Crippen LogP contribution is -2.43. The third-order valence-corrected chi connectivity index (χ3v) is 7.06. The summed E-state index contributed by atoms with van der Waals surface area (Å²) >= 11 is 9.11. The summed E-state index contributed by atoms with van der Waals surface area (Å²) in [5.41, 5.74) is 1.03. The number of likely N-dealkylation sites (tertiary alicyclic amines) is 1. The van der Waals surface area contributed by atoms with Crippen LogP contribution in [0.3, 0.4) is 0 Å². The topological polar surface area (TPSA) is 62.3 Å². The molecule has 0 aliphatic carbocycles. The van der Waals surface area contributed by atoms with Crippen molar-refractivity contribution in [3.05, 3.63) is 68.3 Å². The molecule has 0 bridgehead atoms. The third-order valence-electron chi connectivity index (χ3n) is 4.92. The van der Waals surface area contributed by atoms with Crippen LogP contribution in [0.15, 0.2) is 48.0 Å². The molecule has 150 valence electrons. The Hall–Kier alpha value is -2.22. The molecule has 1 aliphatic rings. The van der Waals surface area contributed by atoms with Gasteiger partial charge in [-0.05, 0) is 35.9 Å². The smallest absolute Gasteiger partial charge is 0.263 e. The Morgan fingerprint density at radius 3 is 2.90 bits per heavy atom. The number of thiophene rings is 1. The highest BCUT2D eigenvalue weighted by molar-refractivity contribution is 7.15. The number of nitrogens with one attached hydrogen (secondary N) is 1. The number of halogens is 1. The summed E-state index contributed by atoms with van der Waals surface area (Å²) in [6, 6.07) is 11.4. The number of benzene rings is 1. The maximum absolute atomic E-state index is 12.7. The molecule has 1 atom stereocenters. The molecule has 1 N–H and O–H groups in total. The van der Waals surface area contributed by atoms with E-state index in [4.69, 9.17) is 11.6 Å². The zero-order valence-electron chi connectivity index (χ0n) is 15.6. The lowest BCUT2D eigenvalue weighted by atomic mass is 9.97. The van der Waals surface area contributed by atoms with E-state index >= 15 is 0 Å². The van der Waals surface area contributed by atoms with Crippen molar-refractivity contribution in [1.29, 1.82) is 0 Å². The quantitative estimate of drug-likeness (QED) is 0.605. The highest BCUT2D eigenvalue weighted by Gasteiger charge is 2.29. The van der Waals surface area contributed by atoms with E-state index in [2.05, 4.69) is 10.3 Å². The molecule has 4 rings (SSSR count). The SMILES string of the molecule is O=C(Nc1ncc(Cc2ccccc2Cl)s1)C1CCCN(C(=O)c2cccs2)C1. The summed E-state index contributed by atoms with van der Waals surface area (Å²) in [6.45, 7) is 1.14. The number of anilines is 1. The van der Waals surface area contributed by atoms with Gasteiger partial charge in [0.2, 0.25) is 5.91 Å². The fourth-order valence-corrected chi connectivity index (χ4v) is 5.15. The fraction of sp³-hybridized carbons (Fsp3) is 0.286. The van der Waals surface area contributed by atoms with Crippen LogP contribution in [0.5, 0.6) is 0 Å². The standard InChI is InChI=1S/C21H20ClN3O2S2/c22-17-7-2-1-5-14(17)11-16-12-23-21(29-16)24-19(26)15-6-3-9-25(13-15)20(27)18-8-4-10-28-18/h1-2,4-5,7-8,10,12,15H,3,6,9,11,13H2,(H,23,24,26). The number of amides is 2. The lowest BCUT2D eigenvalue weighted by Gasteiger charge is -2.31. The molecule has 2 aromatic heterocycles. The monoisotopic (exact) mass is 445 g/mol. The van der Waals surface area contributed by atoms with Crippen LogP contribution in [0.25, 0.3) is 0 Å². The van der Waals surface area contributed by atoms with Crippen LogP contribution in [-0.4, -0.2) is 34.8 Å². The Balaban J connectivity index is 1.36. The number of aromatic nitrogens is 1. The van der Waals surface area contributed by atoms with Gasteiger partial charge in [-0.25, -0.2) is 4.98 Å². The second-order valence-electron chi connectivity index (χ2n) is 6.96. The summed E-state index contributed by atoms with van der Waals surface area (Å²) < 4.78 is 0. The van der Waals surface area contributed by atoms with Crippen LogP contribution >= 0.6 is 34.3 Å². The van der Waals surface area contributed by atoms with Crippen molar-refractivity contribution < 1.29 is 9.59 Å². The van der Waals surface area contributed by atoms with Crippen molar-refractivity contribution in [3.63, 3.8) is 0 Å². The fourth-order valence-electron chi connectivity index (χ4n) is 3.42. The molecule has 8 heteroatoms. The Kier molecular flexibility index (Phi) is 6.28. The largest absolute Gasteiger partial charge is 0.337 e. The molecule has 1 unspecified atom stereocenters. The molecular weight excluding hydrogens is 426 g/mol. The molecule has 29 heavy (non-hydrogen) atoms. The second-order valence-corrected chi connectivity index (χ2v) is 9.43. The average molecular weight is 446 g/mol. The van der Waals surface area contributed by atoms with Crippen molar-refractivity contribution in [2.75, 3.05) is 18.4 Å². The summed E-state index contributed by atoms with van der Waals surface area (Å²) in [6.07, 6.45) is 4.06. The first-order chi connectivity index (χ1) is 14.1. The van der Waals surface area contributed by atoms with Gasteiger partial charge in [0.05, 0.1) is 10.8 Å². The van der Waals surface area contributed by atoms with Crippen LogP contribution in [0, 0.1) is 5.92 Å². The van der Waals surface area contributed by atoms with Gasteiger partial charge in [0.1, 0.15) is 0 Å². The van der Waals surface area contributed by atoms with Gasteiger partial charge in [-0.2, -0.15) is 0 Å². The van der Waals surface area contributed by atoms with E-state index in [1.165, 1.54) is 22.7 Å². The van der Waals surface area contributed by atoms with Gasteiger partial charge >= 0.3 is 0 Å². The number of piperidine rings is 1. The number of carbonyl (C=O) groups is 2. The van der Waals surface area contributed by atoms with Crippen LogP contribution in [-0.2, 0) is 11.2 Å². The van der Waals surface area contributed by atoms with E-state index in [-0.39, 0.29) is 17.7 Å². The zero-order valence-corrected chi connectivity index (χ0v) is 18.0. The van der Waals surface area contributed by atoms with Gasteiger partial charge in [0.25, 0.3) is 5.91 Å². The first-order valence-corrected chi connectivity index (χ1v) is 11.5. The Morgan fingerprint density at radius 1 is 1.24 bits per heavy atom. The van der Waals surface area contributed by atoms with E-state index in [0.29, 0.717) is 24.6 Å². The zero-order chi connectivity index (χ0) is 20.2. The van der Waals surface area contributed by atoms with E-state index in [0.717, 1.165) is 33.2 Å². The lowest BCUT2D eigenvalue weighted by molar-refractivity contribution is -0.121. The minimum atomic E-state index is -0.219.